The molecule has 9 heteroatoms. The van der Waals surface area contributed by atoms with E-state index in [1.54, 1.807) is 12.1 Å². The van der Waals surface area contributed by atoms with Crippen LogP contribution in [0.3, 0.4) is 0 Å². The lowest BCUT2D eigenvalue weighted by molar-refractivity contribution is 0.0958. The van der Waals surface area contributed by atoms with Crippen LogP contribution in [0.1, 0.15) is 33.6 Å². The number of piperidine rings is 1. The zero-order chi connectivity index (χ0) is 20.1. The lowest BCUT2D eigenvalue weighted by Gasteiger charge is -2.25. The molecule has 2 amide bonds. The smallest absolute Gasteiger partial charge is 0.254 e. The van der Waals surface area contributed by atoms with E-state index in [9.17, 15) is 14.7 Å². The Morgan fingerprint density at radius 2 is 1.96 bits per heavy atom. The molecule has 7 N–H and O–H groups in total. The third-order valence-corrected chi connectivity index (χ3v) is 4.61. The van der Waals surface area contributed by atoms with Gasteiger partial charge >= 0.3 is 0 Å². The van der Waals surface area contributed by atoms with Crippen molar-refractivity contribution in [2.45, 2.75) is 18.9 Å². The van der Waals surface area contributed by atoms with Gasteiger partial charge in [0.25, 0.3) is 11.8 Å². The Labute approximate surface area is 162 Å². The number of benzene rings is 1. The van der Waals surface area contributed by atoms with Gasteiger partial charge < -0.3 is 32.1 Å². The second kappa shape index (κ2) is 8.57. The number of nitrogens with zero attached hydrogens (tertiary/aromatic N) is 1. The number of anilines is 3. The molecular weight excluding hydrogens is 360 g/mol. The number of phenols is 1. The van der Waals surface area contributed by atoms with E-state index in [-0.39, 0.29) is 23.3 Å². The highest BCUT2D eigenvalue weighted by molar-refractivity contribution is 5.99. The van der Waals surface area contributed by atoms with Crippen molar-refractivity contribution in [3.63, 3.8) is 0 Å². The number of phenolic OH excluding ortho intramolecular Hbond substituents is 1. The van der Waals surface area contributed by atoms with Gasteiger partial charge in [-0.1, -0.05) is 0 Å². The number of aromatic nitrogens is 1. The van der Waals surface area contributed by atoms with Gasteiger partial charge in [-0.3, -0.25) is 9.59 Å². The molecule has 0 spiro atoms. The summed E-state index contributed by atoms with van der Waals surface area (Å²) in [6, 6.07) is 6.57. The molecule has 0 aliphatic carbocycles. The van der Waals surface area contributed by atoms with Crippen molar-refractivity contribution >= 4 is 29.0 Å². The molecule has 1 fully saturated rings. The summed E-state index contributed by atoms with van der Waals surface area (Å²) in [7, 11) is 1.50. The zero-order valence-corrected chi connectivity index (χ0v) is 15.6. The first kappa shape index (κ1) is 19.4. The minimum atomic E-state index is -0.553. The monoisotopic (exact) mass is 384 g/mol. The third-order valence-electron chi connectivity index (χ3n) is 4.61. The van der Waals surface area contributed by atoms with E-state index < -0.39 is 5.91 Å². The number of pyridine rings is 1. The molecule has 28 heavy (non-hydrogen) atoms. The number of amides is 2. The molecule has 0 radical (unpaired) electrons. The van der Waals surface area contributed by atoms with Gasteiger partial charge in [0, 0.05) is 37.1 Å². The zero-order valence-electron chi connectivity index (χ0n) is 15.6. The van der Waals surface area contributed by atoms with E-state index in [0.29, 0.717) is 22.8 Å². The Kier molecular flexibility index (Phi) is 5.95. The van der Waals surface area contributed by atoms with Crippen molar-refractivity contribution in [3.8, 4) is 5.75 Å². The van der Waals surface area contributed by atoms with Gasteiger partial charge in [0.1, 0.15) is 11.6 Å². The van der Waals surface area contributed by atoms with E-state index in [1.807, 2.05) is 0 Å². The van der Waals surface area contributed by atoms with E-state index >= 15 is 0 Å². The summed E-state index contributed by atoms with van der Waals surface area (Å²) in [6.07, 6.45) is 3.31. The fourth-order valence-electron chi connectivity index (χ4n) is 3.11. The summed E-state index contributed by atoms with van der Waals surface area (Å²) in [5, 5.41) is 22.3. The minimum Gasteiger partial charge on any atom is -0.507 e. The highest BCUT2D eigenvalue weighted by atomic mass is 16.3. The third kappa shape index (κ3) is 4.49. The maximum absolute atomic E-state index is 11.7. The lowest BCUT2D eigenvalue weighted by Crippen LogP contribution is -2.35. The van der Waals surface area contributed by atoms with Crippen LogP contribution < -0.4 is 27.0 Å². The number of hydrogen-bond donors (Lipinski definition) is 6. The van der Waals surface area contributed by atoms with Crippen LogP contribution in [0.4, 0.5) is 17.2 Å². The fourth-order valence-corrected chi connectivity index (χ4v) is 3.11. The van der Waals surface area contributed by atoms with Crippen LogP contribution in [-0.4, -0.2) is 48.1 Å². The molecule has 148 valence electrons. The molecule has 1 aromatic carbocycles. The SMILES string of the molecule is CNC(=O)c1ccc(Nc2cc(NC3CCNCC3)c(C(N)=O)cn2)cc1O. The molecule has 1 aliphatic heterocycles. The van der Waals surface area contributed by atoms with Gasteiger partial charge in [0.15, 0.2) is 0 Å². The number of carbonyl (C=O) groups excluding carboxylic acids is 2. The Morgan fingerprint density at radius 1 is 1.21 bits per heavy atom. The summed E-state index contributed by atoms with van der Waals surface area (Å²) >= 11 is 0. The van der Waals surface area contributed by atoms with Crippen LogP contribution in [0, 0.1) is 0 Å². The van der Waals surface area contributed by atoms with Crippen LogP contribution in [0.15, 0.2) is 30.5 Å². The summed E-state index contributed by atoms with van der Waals surface area (Å²) in [5.74, 6) is -0.593. The molecule has 9 nitrogen and oxygen atoms in total. The molecule has 0 unspecified atom stereocenters. The highest BCUT2D eigenvalue weighted by Gasteiger charge is 2.17. The number of aromatic hydroxyl groups is 1. The molecule has 0 bridgehead atoms. The van der Waals surface area contributed by atoms with Crippen LogP contribution in [0.5, 0.6) is 5.75 Å². The second-order valence-electron chi connectivity index (χ2n) is 6.58. The van der Waals surface area contributed by atoms with Crippen LogP contribution in [0.25, 0.3) is 0 Å². The van der Waals surface area contributed by atoms with Crippen LogP contribution >= 0.6 is 0 Å². The average Bonchev–Trinajstić information content (AvgIpc) is 2.68. The van der Waals surface area contributed by atoms with Crippen molar-refractivity contribution in [3.05, 3.63) is 41.6 Å². The first-order valence-electron chi connectivity index (χ1n) is 9.07. The van der Waals surface area contributed by atoms with Gasteiger partial charge in [-0.15, -0.1) is 0 Å². The summed E-state index contributed by atoms with van der Waals surface area (Å²) in [5.41, 5.74) is 7.14. The molecule has 2 heterocycles. The number of primary amides is 1. The molecule has 0 saturated carbocycles. The predicted octanol–water partition coefficient (Wildman–Crippen LogP) is 1.15. The number of carbonyl (C=O) groups is 2. The molecule has 0 atom stereocenters. The maximum atomic E-state index is 11.7. The van der Waals surface area contributed by atoms with Gasteiger partial charge in [-0.25, -0.2) is 4.98 Å². The Bertz CT molecular complexity index is 880. The topological polar surface area (TPSA) is 141 Å². The highest BCUT2D eigenvalue weighted by Crippen LogP contribution is 2.27. The molecule has 1 saturated heterocycles. The maximum Gasteiger partial charge on any atom is 0.254 e. The Morgan fingerprint density at radius 3 is 2.61 bits per heavy atom. The van der Waals surface area contributed by atoms with Crippen molar-refractivity contribution in [2.75, 3.05) is 30.8 Å². The molecule has 1 aliphatic rings. The summed E-state index contributed by atoms with van der Waals surface area (Å²) in [6.45, 7) is 1.83. The number of nitrogens with one attached hydrogen (secondary N) is 4. The average molecular weight is 384 g/mol. The second-order valence-corrected chi connectivity index (χ2v) is 6.58. The summed E-state index contributed by atoms with van der Waals surface area (Å²) in [4.78, 5) is 27.7. The fraction of sp³-hybridized carbons (Fsp3) is 0.316. The van der Waals surface area contributed by atoms with Gasteiger partial charge in [-0.05, 0) is 38.1 Å². The summed E-state index contributed by atoms with van der Waals surface area (Å²) < 4.78 is 0. The largest absolute Gasteiger partial charge is 0.507 e. The normalized spacial score (nSPS) is 14.3. The van der Waals surface area contributed by atoms with Crippen molar-refractivity contribution < 1.29 is 14.7 Å². The Balaban J connectivity index is 1.82. The predicted molar refractivity (Wildman–Crippen MR) is 107 cm³/mol. The van der Waals surface area contributed by atoms with Crippen molar-refractivity contribution in [2.24, 2.45) is 5.73 Å². The quantitative estimate of drug-likeness (QED) is 0.439. The molecule has 1 aromatic heterocycles. The Hall–Kier alpha value is -3.33. The van der Waals surface area contributed by atoms with Gasteiger partial charge in [0.05, 0.1) is 16.8 Å². The number of nitrogens with two attached hydrogens (primary N) is 1. The van der Waals surface area contributed by atoms with E-state index in [1.165, 1.54) is 25.4 Å². The van der Waals surface area contributed by atoms with Crippen LogP contribution in [-0.2, 0) is 0 Å². The molecule has 2 aromatic rings. The van der Waals surface area contributed by atoms with E-state index in [4.69, 9.17) is 5.73 Å². The van der Waals surface area contributed by atoms with Gasteiger partial charge in [0.2, 0.25) is 0 Å². The molecular formula is C19H24N6O3. The van der Waals surface area contributed by atoms with Crippen molar-refractivity contribution in [1.82, 2.24) is 15.6 Å². The number of rotatable bonds is 6. The van der Waals surface area contributed by atoms with Crippen molar-refractivity contribution in [1.29, 1.82) is 0 Å². The first-order chi connectivity index (χ1) is 13.5. The minimum absolute atomic E-state index is 0.147. The van der Waals surface area contributed by atoms with Crippen LogP contribution in [0.2, 0.25) is 0 Å². The van der Waals surface area contributed by atoms with Gasteiger partial charge in [-0.2, -0.15) is 0 Å². The first-order valence-corrected chi connectivity index (χ1v) is 9.07. The standard InChI is InChI=1S/C19H24N6O3/c1-21-19(28)13-3-2-12(8-16(13)26)25-17-9-15(14(10-23-17)18(20)27)24-11-4-6-22-7-5-11/h2-3,8-11,22,26H,4-7H2,1H3,(H2,20,27)(H,21,28)(H2,23,24,25). The molecule has 3 rings (SSSR count). The van der Waals surface area contributed by atoms with E-state index in [2.05, 4.69) is 26.3 Å². The van der Waals surface area contributed by atoms with E-state index in [0.717, 1.165) is 25.9 Å². The lowest BCUT2D eigenvalue weighted by atomic mass is 10.1. The number of hydrogen-bond acceptors (Lipinski definition) is 7.